The highest BCUT2D eigenvalue weighted by Gasteiger charge is 2.20. The second kappa shape index (κ2) is 10.1. The molecule has 0 saturated carbocycles. The number of amides is 2. The maximum atomic E-state index is 12.9. The molecule has 150 valence electrons. The molecule has 0 atom stereocenters. The number of urea groups is 1. The summed E-state index contributed by atoms with van der Waals surface area (Å²) in [6, 6.07) is 14.5. The number of hydrogen-bond acceptors (Lipinski definition) is 3. The van der Waals surface area contributed by atoms with Crippen molar-refractivity contribution in [2.75, 3.05) is 46.4 Å². The zero-order valence-electron chi connectivity index (χ0n) is 16.4. The van der Waals surface area contributed by atoms with Crippen LogP contribution in [-0.2, 0) is 12.8 Å². The highest BCUT2D eigenvalue weighted by Crippen LogP contribution is 2.14. The van der Waals surface area contributed by atoms with Crippen LogP contribution in [0.4, 0.5) is 9.18 Å². The van der Waals surface area contributed by atoms with Crippen molar-refractivity contribution < 1.29 is 13.9 Å². The van der Waals surface area contributed by atoms with Crippen molar-refractivity contribution in [2.24, 2.45) is 0 Å². The summed E-state index contributed by atoms with van der Waals surface area (Å²) in [6.45, 7) is 4.78. The number of piperazine rings is 1. The van der Waals surface area contributed by atoms with Crippen molar-refractivity contribution in [2.45, 2.75) is 12.8 Å². The third kappa shape index (κ3) is 5.96. The molecule has 1 aliphatic rings. The number of carbonyl (C=O) groups excluding carboxylic acids is 1. The summed E-state index contributed by atoms with van der Waals surface area (Å²) < 4.78 is 18.2. The van der Waals surface area contributed by atoms with Crippen LogP contribution in [-0.4, -0.2) is 62.2 Å². The molecule has 2 aromatic rings. The normalized spacial score (nSPS) is 14.7. The smallest absolute Gasteiger partial charge is 0.317 e. The van der Waals surface area contributed by atoms with Gasteiger partial charge in [0.2, 0.25) is 0 Å². The van der Waals surface area contributed by atoms with E-state index < -0.39 is 0 Å². The number of nitrogens with zero attached hydrogens (tertiary/aromatic N) is 2. The molecular weight excluding hydrogens is 357 g/mol. The fraction of sp³-hybridized carbons (Fsp3) is 0.409. The van der Waals surface area contributed by atoms with Crippen LogP contribution in [0.3, 0.4) is 0 Å². The first-order valence-electron chi connectivity index (χ1n) is 9.76. The van der Waals surface area contributed by atoms with Crippen LogP contribution >= 0.6 is 0 Å². The molecule has 5 nitrogen and oxygen atoms in total. The zero-order chi connectivity index (χ0) is 19.8. The highest BCUT2D eigenvalue weighted by molar-refractivity contribution is 5.74. The van der Waals surface area contributed by atoms with Gasteiger partial charge in [0.15, 0.2) is 0 Å². The van der Waals surface area contributed by atoms with E-state index in [1.54, 1.807) is 19.2 Å². The summed E-state index contributed by atoms with van der Waals surface area (Å²) in [5.74, 6) is 0.650. The van der Waals surface area contributed by atoms with Gasteiger partial charge in [-0.05, 0) is 48.2 Å². The first-order chi connectivity index (χ1) is 13.6. The Morgan fingerprint density at radius 2 is 1.79 bits per heavy atom. The van der Waals surface area contributed by atoms with Gasteiger partial charge in [-0.15, -0.1) is 0 Å². The maximum Gasteiger partial charge on any atom is 0.317 e. The Balaban J connectivity index is 1.34. The van der Waals surface area contributed by atoms with Gasteiger partial charge >= 0.3 is 6.03 Å². The lowest BCUT2D eigenvalue weighted by atomic mass is 10.1. The fourth-order valence-electron chi connectivity index (χ4n) is 3.37. The number of nitrogens with one attached hydrogen (secondary N) is 1. The number of rotatable bonds is 7. The third-order valence-corrected chi connectivity index (χ3v) is 5.11. The van der Waals surface area contributed by atoms with Gasteiger partial charge in [0.05, 0.1) is 7.11 Å². The summed E-state index contributed by atoms with van der Waals surface area (Å²) in [6.07, 6.45) is 1.67. The molecular formula is C22H28FN3O2. The lowest BCUT2D eigenvalue weighted by Crippen LogP contribution is -2.52. The van der Waals surface area contributed by atoms with Crippen LogP contribution in [0.1, 0.15) is 11.1 Å². The van der Waals surface area contributed by atoms with E-state index in [4.69, 9.17) is 4.74 Å². The molecule has 0 spiro atoms. The second-order valence-electron chi connectivity index (χ2n) is 7.04. The van der Waals surface area contributed by atoms with Crippen molar-refractivity contribution in [3.05, 3.63) is 65.5 Å². The van der Waals surface area contributed by atoms with Gasteiger partial charge in [0.1, 0.15) is 11.6 Å². The van der Waals surface area contributed by atoms with E-state index >= 15 is 0 Å². The van der Waals surface area contributed by atoms with Crippen molar-refractivity contribution in [3.63, 3.8) is 0 Å². The van der Waals surface area contributed by atoms with Crippen LogP contribution in [0.25, 0.3) is 0 Å². The Labute approximate surface area is 166 Å². The molecule has 1 aliphatic heterocycles. The molecule has 1 saturated heterocycles. The number of benzene rings is 2. The lowest BCUT2D eigenvalue weighted by molar-refractivity contribution is 0.140. The van der Waals surface area contributed by atoms with Crippen molar-refractivity contribution in [3.8, 4) is 5.75 Å². The Kier molecular flexibility index (Phi) is 7.25. The molecule has 1 fully saturated rings. The molecule has 1 N–H and O–H groups in total. The second-order valence-corrected chi connectivity index (χ2v) is 7.04. The molecule has 0 aliphatic carbocycles. The van der Waals surface area contributed by atoms with E-state index in [-0.39, 0.29) is 11.8 Å². The molecule has 0 bridgehead atoms. The van der Waals surface area contributed by atoms with Crippen LogP contribution < -0.4 is 10.1 Å². The van der Waals surface area contributed by atoms with Crippen LogP contribution in [0, 0.1) is 5.82 Å². The average molecular weight is 385 g/mol. The van der Waals surface area contributed by atoms with Crippen molar-refractivity contribution in [1.29, 1.82) is 0 Å². The number of hydrogen-bond donors (Lipinski definition) is 1. The predicted molar refractivity (Wildman–Crippen MR) is 108 cm³/mol. The summed E-state index contributed by atoms with van der Waals surface area (Å²) in [4.78, 5) is 16.6. The Morgan fingerprint density at radius 1 is 1.04 bits per heavy atom. The standard InChI is InChI=1S/C22H28FN3O2/c1-28-21-4-2-3-19(17-21)10-12-25-13-15-26(16-14-25)22(27)24-11-9-18-5-7-20(23)8-6-18/h2-8,17H,9-16H2,1H3,(H,24,27). The first-order valence-corrected chi connectivity index (χ1v) is 9.76. The number of halogens is 1. The molecule has 2 amide bonds. The van der Waals surface area contributed by atoms with Gasteiger partial charge in [0, 0.05) is 39.3 Å². The van der Waals surface area contributed by atoms with E-state index in [2.05, 4.69) is 22.3 Å². The molecule has 1 heterocycles. The zero-order valence-corrected chi connectivity index (χ0v) is 16.4. The quantitative estimate of drug-likeness (QED) is 0.797. The van der Waals surface area contributed by atoms with Gasteiger partial charge < -0.3 is 15.0 Å². The Hall–Kier alpha value is -2.60. The number of carbonyl (C=O) groups is 1. The van der Waals surface area contributed by atoms with Gasteiger partial charge in [-0.1, -0.05) is 24.3 Å². The molecule has 2 aromatic carbocycles. The molecule has 28 heavy (non-hydrogen) atoms. The minimum Gasteiger partial charge on any atom is -0.497 e. The van der Waals surface area contributed by atoms with Crippen LogP contribution in [0.15, 0.2) is 48.5 Å². The van der Waals surface area contributed by atoms with E-state index in [0.717, 1.165) is 50.5 Å². The summed E-state index contributed by atoms with van der Waals surface area (Å²) >= 11 is 0. The summed E-state index contributed by atoms with van der Waals surface area (Å²) in [7, 11) is 1.68. The number of ether oxygens (including phenoxy) is 1. The van der Waals surface area contributed by atoms with E-state index in [1.165, 1.54) is 17.7 Å². The summed E-state index contributed by atoms with van der Waals surface area (Å²) in [5, 5.41) is 2.96. The minimum absolute atomic E-state index is 0.0189. The highest BCUT2D eigenvalue weighted by atomic mass is 19.1. The molecule has 0 radical (unpaired) electrons. The topological polar surface area (TPSA) is 44.8 Å². The SMILES string of the molecule is COc1cccc(CCN2CCN(C(=O)NCCc3ccc(F)cc3)CC2)c1. The Morgan fingerprint density at radius 3 is 2.50 bits per heavy atom. The minimum atomic E-state index is -0.239. The molecule has 6 heteroatoms. The average Bonchev–Trinajstić information content (AvgIpc) is 2.74. The molecule has 3 rings (SSSR count). The monoisotopic (exact) mass is 385 g/mol. The fourth-order valence-corrected chi connectivity index (χ4v) is 3.37. The Bertz CT molecular complexity index is 759. The van der Waals surface area contributed by atoms with E-state index in [0.29, 0.717) is 13.0 Å². The maximum absolute atomic E-state index is 12.9. The molecule has 0 unspecified atom stereocenters. The van der Waals surface area contributed by atoms with Gasteiger partial charge in [0.25, 0.3) is 0 Å². The predicted octanol–water partition coefficient (Wildman–Crippen LogP) is 2.95. The largest absolute Gasteiger partial charge is 0.497 e. The molecule has 0 aromatic heterocycles. The van der Waals surface area contributed by atoms with Crippen LogP contribution in [0.5, 0.6) is 5.75 Å². The van der Waals surface area contributed by atoms with E-state index in [9.17, 15) is 9.18 Å². The summed E-state index contributed by atoms with van der Waals surface area (Å²) in [5.41, 5.74) is 2.28. The number of methoxy groups -OCH3 is 1. The van der Waals surface area contributed by atoms with Gasteiger partial charge in [-0.3, -0.25) is 4.90 Å². The third-order valence-electron chi connectivity index (χ3n) is 5.11. The van der Waals surface area contributed by atoms with Gasteiger partial charge in [-0.2, -0.15) is 0 Å². The van der Waals surface area contributed by atoms with E-state index in [1.807, 2.05) is 17.0 Å². The van der Waals surface area contributed by atoms with Crippen molar-refractivity contribution in [1.82, 2.24) is 15.1 Å². The lowest BCUT2D eigenvalue weighted by Gasteiger charge is -2.34. The van der Waals surface area contributed by atoms with Gasteiger partial charge in [-0.25, -0.2) is 9.18 Å². The van der Waals surface area contributed by atoms with Crippen LogP contribution in [0.2, 0.25) is 0 Å². The van der Waals surface area contributed by atoms with Crippen molar-refractivity contribution >= 4 is 6.03 Å². The first kappa shape index (κ1) is 20.1.